The lowest BCUT2D eigenvalue weighted by Gasteiger charge is -2.06. The van der Waals surface area contributed by atoms with Crippen LogP contribution in [0.1, 0.15) is 0 Å². The second-order valence-electron chi connectivity index (χ2n) is 3.87. The average Bonchev–Trinajstić information content (AvgIpc) is 2.28. The normalized spacial score (nSPS) is 11.2. The summed E-state index contributed by atoms with van der Waals surface area (Å²) in [5, 5.41) is 3.04. The first-order valence-corrected chi connectivity index (χ1v) is 7.14. The molecule has 6 heteroatoms. The van der Waals surface area contributed by atoms with E-state index < -0.39 is 9.84 Å². The fourth-order valence-electron chi connectivity index (χ4n) is 1.45. The molecule has 18 heavy (non-hydrogen) atoms. The number of pyridine rings is 1. The van der Waals surface area contributed by atoms with E-state index in [9.17, 15) is 8.42 Å². The minimum atomic E-state index is -3.16. The summed E-state index contributed by atoms with van der Waals surface area (Å²) < 4.78 is 22.6. The molecule has 0 spiro atoms. The molecule has 0 saturated carbocycles. The summed E-state index contributed by atoms with van der Waals surface area (Å²) in [5.74, 6) is 1.04. The highest BCUT2D eigenvalue weighted by molar-refractivity contribution is 7.90. The number of nitrogen functional groups attached to an aromatic ring is 1. The molecule has 0 saturated heterocycles. The lowest BCUT2D eigenvalue weighted by atomic mass is 10.3. The molecule has 2 aromatic rings. The highest BCUT2D eigenvalue weighted by Gasteiger charge is 2.06. The van der Waals surface area contributed by atoms with Crippen LogP contribution in [0.2, 0.25) is 0 Å². The Kier molecular flexibility index (Phi) is 3.20. The van der Waals surface area contributed by atoms with E-state index in [4.69, 9.17) is 5.73 Å². The van der Waals surface area contributed by atoms with Crippen LogP contribution in [0.3, 0.4) is 0 Å². The Morgan fingerprint density at radius 1 is 1.11 bits per heavy atom. The van der Waals surface area contributed by atoms with E-state index in [0.717, 1.165) is 5.69 Å². The number of nitrogens with zero attached hydrogens (tertiary/aromatic N) is 1. The zero-order chi connectivity index (χ0) is 13.2. The molecule has 0 aliphatic heterocycles. The molecule has 2 rings (SSSR count). The number of aromatic nitrogens is 1. The van der Waals surface area contributed by atoms with Crippen LogP contribution in [-0.4, -0.2) is 19.7 Å². The van der Waals surface area contributed by atoms with Crippen LogP contribution in [0.4, 0.5) is 17.3 Å². The Labute approximate surface area is 106 Å². The van der Waals surface area contributed by atoms with E-state index in [1.54, 1.807) is 42.5 Å². The van der Waals surface area contributed by atoms with Gasteiger partial charge in [0.05, 0.1) is 4.90 Å². The van der Waals surface area contributed by atoms with Crippen molar-refractivity contribution in [2.24, 2.45) is 0 Å². The van der Waals surface area contributed by atoms with Crippen LogP contribution in [0.25, 0.3) is 0 Å². The van der Waals surface area contributed by atoms with Gasteiger partial charge in [0.1, 0.15) is 11.6 Å². The monoisotopic (exact) mass is 263 g/mol. The average molecular weight is 263 g/mol. The summed E-state index contributed by atoms with van der Waals surface area (Å²) in [6.07, 6.45) is 1.18. The maximum atomic E-state index is 11.3. The first-order chi connectivity index (χ1) is 8.45. The summed E-state index contributed by atoms with van der Waals surface area (Å²) in [7, 11) is -3.16. The largest absolute Gasteiger partial charge is 0.384 e. The number of hydrogen-bond donors (Lipinski definition) is 2. The highest BCUT2D eigenvalue weighted by atomic mass is 32.2. The van der Waals surface area contributed by atoms with Crippen LogP contribution in [0.5, 0.6) is 0 Å². The molecule has 0 aliphatic rings. The van der Waals surface area contributed by atoms with Gasteiger partial charge >= 0.3 is 0 Å². The number of anilines is 3. The number of benzene rings is 1. The zero-order valence-electron chi connectivity index (χ0n) is 9.79. The Morgan fingerprint density at radius 3 is 2.33 bits per heavy atom. The van der Waals surface area contributed by atoms with E-state index in [-0.39, 0.29) is 4.90 Å². The van der Waals surface area contributed by atoms with E-state index in [1.807, 2.05) is 0 Å². The van der Waals surface area contributed by atoms with Gasteiger partial charge in [-0.15, -0.1) is 0 Å². The van der Waals surface area contributed by atoms with Gasteiger partial charge in [-0.3, -0.25) is 0 Å². The molecule has 0 radical (unpaired) electrons. The van der Waals surface area contributed by atoms with Crippen molar-refractivity contribution in [3.8, 4) is 0 Å². The third kappa shape index (κ3) is 2.98. The number of hydrogen-bond acceptors (Lipinski definition) is 5. The first-order valence-electron chi connectivity index (χ1n) is 5.25. The Hall–Kier alpha value is -2.08. The van der Waals surface area contributed by atoms with E-state index in [1.165, 1.54) is 6.26 Å². The third-order valence-corrected chi connectivity index (χ3v) is 3.45. The van der Waals surface area contributed by atoms with Crippen molar-refractivity contribution >= 4 is 27.2 Å². The number of sulfone groups is 1. The highest BCUT2D eigenvalue weighted by Crippen LogP contribution is 2.18. The summed E-state index contributed by atoms with van der Waals surface area (Å²) in [5.41, 5.74) is 6.31. The summed E-state index contributed by atoms with van der Waals surface area (Å²) in [4.78, 5) is 4.37. The summed E-state index contributed by atoms with van der Waals surface area (Å²) in [6.45, 7) is 0. The molecule has 0 amide bonds. The topological polar surface area (TPSA) is 85.1 Å². The minimum Gasteiger partial charge on any atom is -0.384 e. The molecule has 1 heterocycles. The molecule has 0 bridgehead atoms. The number of nitrogens with one attached hydrogen (secondary N) is 1. The van der Waals surface area contributed by atoms with Crippen LogP contribution in [0.15, 0.2) is 47.4 Å². The van der Waals surface area contributed by atoms with Crippen molar-refractivity contribution in [3.05, 3.63) is 42.5 Å². The van der Waals surface area contributed by atoms with E-state index >= 15 is 0 Å². The van der Waals surface area contributed by atoms with Gasteiger partial charge in [-0.1, -0.05) is 6.07 Å². The lowest BCUT2D eigenvalue weighted by Crippen LogP contribution is -1.99. The molecular formula is C12H13N3O2S. The van der Waals surface area contributed by atoms with Gasteiger partial charge < -0.3 is 11.1 Å². The molecule has 3 N–H and O–H groups in total. The van der Waals surface area contributed by atoms with Gasteiger partial charge in [-0.25, -0.2) is 13.4 Å². The molecular weight excluding hydrogens is 250 g/mol. The van der Waals surface area contributed by atoms with Gasteiger partial charge in [0.2, 0.25) is 0 Å². The smallest absolute Gasteiger partial charge is 0.175 e. The molecule has 0 unspecified atom stereocenters. The van der Waals surface area contributed by atoms with Gasteiger partial charge in [-0.2, -0.15) is 0 Å². The van der Waals surface area contributed by atoms with Crippen LogP contribution < -0.4 is 11.1 Å². The molecule has 0 aliphatic carbocycles. The summed E-state index contributed by atoms with van der Waals surface area (Å²) in [6, 6.07) is 11.7. The lowest BCUT2D eigenvalue weighted by molar-refractivity contribution is 0.602. The zero-order valence-corrected chi connectivity index (χ0v) is 10.6. The summed E-state index contributed by atoms with van der Waals surface area (Å²) >= 11 is 0. The maximum Gasteiger partial charge on any atom is 0.175 e. The first kappa shape index (κ1) is 12.4. The maximum absolute atomic E-state index is 11.3. The SMILES string of the molecule is CS(=O)(=O)c1ccc(Nc2cccc(N)n2)cc1. The standard InChI is InChI=1S/C12H13N3O2S/c1-18(16,17)10-7-5-9(6-8-10)14-12-4-2-3-11(13)15-12/h2-8H,1H3,(H3,13,14,15). The van der Waals surface area contributed by atoms with E-state index in [2.05, 4.69) is 10.3 Å². The predicted molar refractivity (Wildman–Crippen MR) is 71.5 cm³/mol. The Morgan fingerprint density at radius 2 is 1.78 bits per heavy atom. The van der Waals surface area contributed by atoms with Crippen molar-refractivity contribution in [3.63, 3.8) is 0 Å². The quantitative estimate of drug-likeness (QED) is 0.882. The van der Waals surface area contributed by atoms with Crippen LogP contribution in [0, 0.1) is 0 Å². The molecule has 1 aromatic carbocycles. The van der Waals surface area contributed by atoms with Gasteiger partial charge in [0.15, 0.2) is 9.84 Å². The fraction of sp³-hybridized carbons (Fsp3) is 0.0833. The molecule has 0 atom stereocenters. The van der Waals surface area contributed by atoms with Gasteiger partial charge in [0.25, 0.3) is 0 Å². The van der Waals surface area contributed by atoms with Crippen molar-refractivity contribution in [2.75, 3.05) is 17.3 Å². The molecule has 0 fully saturated rings. The van der Waals surface area contributed by atoms with Crippen molar-refractivity contribution in [1.82, 2.24) is 4.98 Å². The Bertz CT molecular complexity index is 651. The fourth-order valence-corrected chi connectivity index (χ4v) is 2.08. The van der Waals surface area contributed by atoms with Gasteiger partial charge in [-0.05, 0) is 36.4 Å². The van der Waals surface area contributed by atoms with Crippen molar-refractivity contribution in [2.45, 2.75) is 4.90 Å². The van der Waals surface area contributed by atoms with Crippen molar-refractivity contribution in [1.29, 1.82) is 0 Å². The third-order valence-electron chi connectivity index (χ3n) is 2.33. The van der Waals surface area contributed by atoms with Gasteiger partial charge in [0, 0.05) is 11.9 Å². The second kappa shape index (κ2) is 4.66. The molecule has 5 nitrogen and oxygen atoms in total. The molecule has 94 valence electrons. The number of rotatable bonds is 3. The van der Waals surface area contributed by atoms with Crippen molar-refractivity contribution < 1.29 is 8.42 Å². The van der Waals surface area contributed by atoms with E-state index in [0.29, 0.717) is 11.6 Å². The number of nitrogens with two attached hydrogens (primary N) is 1. The second-order valence-corrected chi connectivity index (χ2v) is 5.88. The predicted octanol–water partition coefficient (Wildman–Crippen LogP) is 1.81. The minimum absolute atomic E-state index is 0.286. The molecule has 1 aromatic heterocycles. The van der Waals surface area contributed by atoms with Crippen LogP contribution in [-0.2, 0) is 9.84 Å². The van der Waals surface area contributed by atoms with Crippen LogP contribution >= 0.6 is 0 Å². The Balaban J connectivity index is 2.21.